The van der Waals surface area contributed by atoms with Crippen molar-refractivity contribution in [3.8, 4) is 0 Å². The molecule has 0 atom stereocenters. The molecule has 0 saturated carbocycles. The molecular formula is C17H24N4OS. The Bertz CT molecular complexity index is 637. The summed E-state index contributed by atoms with van der Waals surface area (Å²) in [5.41, 5.74) is 3.30. The van der Waals surface area contributed by atoms with E-state index in [1.807, 2.05) is 25.3 Å². The number of rotatable bonds is 7. The molecule has 0 unspecified atom stereocenters. The highest BCUT2D eigenvalue weighted by Gasteiger charge is 2.06. The number of hydrogen-bond acceptors (Lipinski definition) is 4. The second kappa shape index (κ2) is 8.62. The van der Waals surface area contributed by atoms with Gasteiger partial charge in [0.05, 0.1) is 10.7 Å². The second-order valence-corrected chi connectivity index (χ2v) is 6.74. The number of hydrogen-bond donors (Lipinski definition) is 2. The Balaban J connectivity index is 1.64. The molecule has 23 heavy (non-hydrogen) atoms. The lowest BCUT2D eigenvalue weighted by molar-refractivity contribution is 0.241. The zero-order valence-corrected chi connectivity index (χ0v) is 14.8. The monoisotopic (exact) mass is 332 g/mol. The number of carbonyl (C=O) groups is 1. The van der Waals surface area contributed by atoms with Gasteiger partial charge in [-0.3, -0.25) is 4.98 Å². The average Bonchev–Trinajstić information content (AvgIpc) is 2.89. The van der Waals surface area contributed by atoms with E-state index in [0.29, 0.717) is 13.1 Å². The maximum Gasteiger partial charge on any atom is 0.314 e. The summed E-state index contributed by atoms with van der Waals surface area (Å²) in [4.78, 5) is 21.8. The molecule has 2 amide bonds. The highest BCUT2D eigenvalue weighted by molar-refractivity contribution is 7.11. The van der Waals surface area contributed by atoms with Crippen LogP contribution in [-0.2, 0) is 19.3 Å². The maximum atomic E-state index is 11.8. The Hall–Kier alpha value is -1.95. The fourth-order valence-electron chi connectivity index (χ4n) is 2.23. The number of nitrogens with one attached hydrogen (secondary N) is 2. The molecule has 0 bridgehead atoms. The van der Waals surface area contributed by atoms with Crippen molar-refractivity contribution in [2.24, 2.45) is 0 Å². The molecule has 6 heteroatoms. The fourth-order valence-corrected chi connectivity index (χ4v) is 3.26. The standard InChI is InChI=1S/C17H24N4OS/c1-4-15-13(3)23-16(21-15)8-10-19-17(22)18-9-7-14-6-5-12(2)20-11-14/h5-6,11H,4,7-10H2,1-3H3,(H2,18,19,22). The van der Waals surface area contributed by atoms with E-state index in [1.54, 1.807) is 11.3 Å². The van der Waals surface area contributed by atoms with E-state index in [2.05, 4.69) is 34.4 Å². The minimum absolute atomic E-state index is 0.130. The molecule has 0 aliphatic rings. The highest BCUT2D eigenvalue weighted by Crippen LogP contribution is 2.17. The summed E-state index contributed by atoms with van der Waals surface area (Å²) in [7, 11) is 0. The summed E-state index contributed by atoms with van der Waals surface area (Å²) in [6.07, 6.45) is 4.38. The Morgan fingerprint density at radius 3 is 2.52 bits per heavy atom. The Kier molecular flexibility index (Phi) is 6.52. The van der Waals surface area contributed by atoms with Crippen molar-refractivity contribution in [1.82, 2.24) is 20.6 Å². The number of urea groups is 1. The van der Waals surface area contributed by atoms with Gasteiger partial charge in [0, 0.05) is 36.3 Å². The quantitative estimate of drug-likeness (QED) is 0.819. The molecule has 2 aromatic heterocycles. The van der Waals surface area contributed by atoms with Crippen LogP contribution >= 0.6 is 11.3 Å². The van der Waals surface area contributed by atoms with Crippen molar-refractivity contribution in [2.75, 3.05) is 13.1 Å². The molecule has 124 valence electrons. The van der Waals surface area contributed by atoms with Crippen LogP contribution in [0.25, 0.3) is 0 Å². The lowest BCUT2D eigenvalue weighted by Gasteiger charge is -2.07. The number of aromatic nitrogens is 2. The molecule has 0 aliphatic carbocycles. The lowest BCUT2D eigenvalue weighted by atomic mass is 10.2. The number of amides is 2. The number of nitrogens with zero attached hydrogens (tertiary/aromatic N) is 2. The van der Waals surface area contributed by atoms with E-state index in [-0.39, 0.29) is 6.03 Å². The van der Waals surface area contributed by atoms with E-state index in [1.165, 1.54) is 10.6 Å². The first-order chi connectivity index (χ1) is 11.1. The van der Waals surface area contributed by atoms with Crippen molar-refractivity contribution in [3.63, 3.8) is 0 Å². The van der Waals surface area contributed by atoms with Gasteiger partial charge in [0.25, 0.3) is 0 Å². The Morgan fingerprint density at radius 2 is 1.91 bits per heavy atom. The third-order valence-corrected chi connectivity index (χ3v) is 4.64. The van der Waals surface area contributed by atoms with Crippen LogP contribution < -0.4 is 10.6 Å². The van der Waals surface area contributed by atoms with Crippen molar-refractivity contribution in [3.05, 3.63) is 45.2 Å². The van der Waals surface area contributed by atoms with Crippen LogP contribution in [0.5, 0.6) is 0 Å². The maximum absolute atomic E-state index is 11.8. The minimum atomic E-state index is -0.130. The molecule has 2 rings (SSSR count). The van der Waals surface area contributed by atoms with E-state index >= 15 is 0 Å². The summed E-state index contributed by atoms with van der Waals surface area (Å²) < 4.78 is 0. The summed E-state index contributed by atoms with van der Waals surface area (Å²) in [5.74, 6) is 0. The minimum Gasteiger partial charge on any atom is -0.338 e. The predicted molar refractivity (Wildman–Crippen MR) is 94.0 cm³/mol. The van der Waals surface area contributed by atoms with Gasteiger partial charge in [-0.2, -0.15) is 0 Å². The molecule has 0 fully saturated rings. The van der Waals surface area contributed by atoms with Gasteiger partial charge in [-0.05, 0) is 38.3 Å². The van der Waals surface area contributed by atoms with Gasteiger partial charge in [-0.15, -0.1) is 11.3 Å². The third-order valence-electron chi connectivity index (χ3n) is 3.57. The molecule has 5 nitrogen and oxygen atoms in total. The van der Waals surface area contributed by atoms with Crippen LogP contribution in [0.4, 0.5) is 4.79 Å². The van der Waals surface area contributed by atoms with Crippen LogP contribution in [0, 0.1) is 13.8 Å². The lowest BCUT2D eigenvalue weighted by Crippen LogP contribution is -2.37. The van der Waals surface area contributed by atoms with Gasteiger partial charge in [-0.25, -0.2) is 9.78 Å². The number of carbonyl (C=O) groups excluding carboxylic acids is 1. The van der Waals surface area contributed by atoms with Gasteiger partial charge < -0.3 is 10.6 Å². The summed E-state index contributed by atoms with van der Waals surface area (Å²) in [5, 5.41) is 6.83. The van der Waals surface area contributed by atoms with E-state index in [9.17, 15) is 4.79 Å². The smallest absolute Gasteiger partial charge is 0.314 e. The van der Waals surface area contributed by atoms with Crippen molar-refractivity contribution in [1.29, 1.82) is 0 Å². The summed E-state index contributed by atoms with van der Waals surface area (Å²) in [6, 6.07) is 3.89. The largest absolute Gasteiger partial charge is 0.338 e. The molecule has 2 aromatic rings. The van der Waals surface area contributed by atoms with Crippen molar-refractivity contribution < 1.29 is 4.79 Å². The molecule has 0 radical (unpaired) electrons. The summed E-state index contributed by atoms with van der Waals surface area (Å²) in [6.45, 7) is 7.38. The third kappa shape index (κ3) is 5.63. The number of pyridine rings is 1. The van der Waals surface area contributed by atoms with Gasteiger partial charge in [0.1, 0.15) is 0 Å². The first kappa shape index (κ1) is 17.4. The Labute approximate surface area is 141 Å². The highest BCUT2D eigenvalue weighted by atomic mass is 32.1. The Morgan fingerprint density at radius 1 is 1.17 bits per heavy atom. The van der Waals surface area contributed by atoms with Gasteiger partial charge in [0.2, 0.25) is 0 Å². The second-order valence-electron chi connectivity index (χ2n) is 5.45. The topological polar surface area (TPSA) is 66.9 Å². The molecule has 2 heterocycles. The molecule has 0 spiro atoms. The van der Waals surface area contributed by atoms with Crippen LogP contribution in [0.3, 0.4) is 0 Å². The molecule has 0 saturated heterocycles. The van der Waals surface area contributed by atoms with E-state index in [0.717, 1.165) is 35.5 Å². The summed E-state index contributed by atoms with van der Waals surface area (Å²) >= 11 is 1.72. The first-order valence-electron chi connectivity index (χ1n) is 7.97. The average molecular weight is 332 g/mol. The zero-order valence-electron chi connectivity index (χ0n) is 14.0. The predicted octanol–water partition coefficient (Wildman–Crippen LogP) is 2.80. The number of aryl methyl sites for hydroxylation is 3. The van der Waals surface area contributed by atoms with E-state index < -0.39 is 0 Å². The van der Waals surface area contributed by atoms with Crippen LogP contribution in [-0.4, -0.2) is 29.1 Å². The van der Waals surface area contributed by atoms with E-state index in [4.69, 9.17) is 0 Å². The molecule has 2 N–H and O–H groups in total. The first-order valence-corrected chi connectivity index (χ1v) is 8.78. The van der Waals surface area contributed by atoms with Gasteiger partial charge >= 0.3 is 6.03 Å². The van der Waals surface area contributed by atoms with Crippen molar-refractivity contribution in [2.45, 2.75) is 40.0 Å². The van der Waals surface area contributed by atoms with Gasteiger partial charge in [-0.1, -0.05) is 13.0 Å². The zero-order chi connectivity index (χ0) is 16.7. The van der Waals surface area contributed by atoms with Crippen LogP contribution in [0.15, 0.2) is 18.3 Å². The number of thiazole rings is 1. The van der Waals surface area contributed by atoms with Crippen LogP contribution in [0.1, 0.15) is 33.8 Å². The molecule has 0 aliphatic heterocycles. The van der Waals surface area contributed by atoms with Gasteiger partial charge in [0.15, 0.2) is 0 Å². The SMILES string of the molecule is CCc1nc(CCNC(=O)NCCc2ccc(C)nc2)sc1C. The van der Waals surface area contributed by atoms with Crippen LogP contribution in [0.2, 0.25) is 0 Å². The molecule has 0 aromatic carbocycles. The molecular weight excluding hydrogens is 308 g/mol. The van der Waals surface area contributed by atoms with Crippen molar-refractivity contribution >= 4 is 17.4 Å². The normalized spacial score (nSPS) is 10.6. The fraction of sp³-hybridized carbons (Fsp3) is 0.471.